The van der Waals surface area contributed by atoms with Crippen LogP contribution in [-0.4, -0.2) is 40.4 Å². The summed E-state index contributed by atoms with van der Waals surface area (Å²) < 4.78 is 0. The van der Waals surface area contributed by atoms with Gasteiger partial charge in [-0.3, -0.25) is 14.7 Å². The van der Waals surface area contributed by atoms with E-state index >= 15 is 0 Å². The Morgan fingerprint density at radius 1 is 1.41 bits per heavy atom. The van der Waals surface area contributed by atoms with Gasteiger partial charge in [-0.1, -0.05) is 6.92 Å². The molecule has 0 spiro atoms. The molecule has 1 aromatic heterocycles. The fourth-order valence-electron chi connectivity index (χ4n) is 1.41. The standard InChI is InChI=1S/C11H19N5O/c1-3-13-11(17)8-16(4-2)7-9-5-15-10(12)6-14-9/h5-6H,3-4,7-8H2,1-2H3,(H2,12,15)(H,13,17). The lowest BCUT2D eigenvalue weighted by molar-refractivity contribution is -0.122. The molecule has 0 fully saturated rings. The molecule has 1 amide bonds. The Labute approximate surface area is 101 Å². The highest BCUT2D eigenvalue weighted by Gasteiger charge is 2.09. The summed E-state index contributed by atoms with van der Waals surface area (Å²) in [7, 11) is 0. The predicted molar refractivity (Wildman–Crippen MR) is 66.1 cm³/mol. The third kappa shape index (κ3) is 4.78. The van der Waals surface area contributed by atoms with E-state index in [1.54, 1.807) is 6.20 Å². The first-order valence-corrected chi connectivity index (χ1v) is 5.71. The van der Waals surface area contributed by atoms with Gasteiger partial charge in [-0.15, -0.1) is 0 Å². The molecule has 0 aliphatic rings. The lowest BCUT2D eigenvalue weighted by atomic mass is 10.3. The SMILES string of the molecule is CCNC(=O)CN(CC)Cc1cnc(N)cn1. The number of likely N-dealkylation sites (N-methyl/N-ethyl adjacent to an activating group) is 2. The number of carbonyl (C=O) groups excluding carboxylic acids is 1. The largest absolute Gasteiger partial charge is 0.382 e. The van der Waals surface area contributed by atoms with Crippen molar-refractivity contribution in [3.63, 3.8) is 0 Å². The second kappa shape index (κ2) is 6.80. The topological polar surface area (TPSA) is 84.1 Å². The van der Waals surface area contributed by atoms with Crippen LogP contribution in [0.15, 0.2) is 12.4 Å². The second-order valence-corrected chi connectivity index (χ2v) is 3.69. The third-order valence-corrected chi connectivity index (χ3v) is 2.30. The Hall–Kier alpha value is -1.69. The summed E-state index contributed by atoms with van der Waals surface area (Å²) in [6, 6.07) is 0. The highest BCUT2D eigenvalue weighted by atomic mass is 16.2. The maximum absolute atomic E-state index is 11.4. The van der Waals surface area contributed by atoms with Gasteiger partial charge in [0.2, 0.25) is 5.91 Å². The van der Waals surface area contributed by atoms with E-state index in [0.717, 1.165) is 12.2 Å². The fraction of sp³-hybridized carbons (Fsp3) is 0.545. The minimum atomic E-state index is 0.0257. The molecular formula is C11H19N5O. The molecule has 6 nitrogen and oxygen atoms in total. The zero-order valence-corrected chi connectivity index (χ0v) is 10.3. The van der Waals surface area contributed by atoms with Crippen LogP contribution in [0.4, 0.5) is 5.82 Å². The minimum Gasteiger partial charge on any atom is -0.382 e. The smallest absolute Gasteiger partial charge is 0.234 e. The van der Waals surface area contributed by atoms with Gasteiger partial charge < -0.3 is 11.1 Å². The Kier molecular flexibility index (Phi) is 5.35. The number of nitrogen functional groups attached to an aromatic ring is 1. The van der Waals surface area contributed by atoms with Crippen LogP contribution in [0.25, 0.3) is 0 Å². The summed E-state index contributed by atoms with van der Waals surface area (Å²) in [5, 5.41) is 2.77. The van der Waals surface area contributed by atoms with E-state index in [9.17, 15) is 4.79 Å². The summed E-state index contributed by atoms with van der Waals surface area (Å²) in [4.78, 5) is 21.6. The van der Waals surface area contributed by atoms with Crippen LogP contribution in [0.5, 0.6) is 0 Å². The van der Waals surface area contributed by atoms with Crippen molar-refractivity contribution in [2.75, 3.05) is 25.4 Å². The normalized spacial score (nSPS) is 10.5. The van der Waals surface area contributed by atoms with Crippen molar-refractivity contribution in [3.8, 4) is 0 Å². The molecule has 0 bridgehead atoms. The van der Waals surface area contributed by atoms with Crippen molar-refractivity contribution >= 4 is 11.7 Å². The Morgan fingerprint density at radius 3 is 2.71 bits per heavy atom. The van der Waals surface area contributed by atoms with Crippen molar-refractivity contribution in [2.24, 2.45) is 0 Å². The summed E-state index contributed by atoms with van der Waals surface area (Å²) in [5.74, 6) is 0.429. The van der Waals surface area contributed by atoms with Gasteiger partial charge in [-0.25, -0.2) is 4.98 Å². The molecule has 0 aromatic carbocycles. The first-order valence-electron chi connectivity index (χ1n) is 5.71. The van der Waals surface area contributed by atoms with E-state index in [2.05, 4.69) is 15.3 Å². The Morgan fingerprint density at radius 2 is 2.18 bits per heavy atom. The van der Waals surface area contributed by atoms with E-state index < -0.39 is 0 Å². The van der Waals surface area contributed by atoms with Crippen LogP contribution in [0.1, 0.15) is 19.5 Å². The summed E-state index contributed by atoms with van der Waals surface area (Å²) in [5.41, 5.74) is 6.27. The van der Waals surface area contributed by atoms with Gasteiger partial charge in [-0.2, -0.15) is 0 Å². The number of rotatable bonds is 6. The highest BCUT2D eigenvalue weighted by molar-refractivity contribution is 5.77. The van der Waals surface area contributed by atoms with Crippen molar-refractivity contribution < 1.29 is 4.79 Å². The summed E-state index contributed by atoms with van der Waals surface area (Å²) >= 11 is 0. The molecular weight excluding hydrogens is 218 g/mol. The first-order chi connectivity index (χ1) is 8.15. The number of anilines is 1. The number of nitrogens with one attached hydrogen (secondary N) is 1. The van der Waals surface area contributed by atoms with E-state index in [-0.39, 0.29) is 5.91 Å². The quantitative estimate of drug-likeness (QED) is 0.728. The summed E-state index contributed by atoms with van der Waals surface area (Å²) in [6.45, 7) is 6.31. The van der Waals surface area contributed by atoms with E-state index in [0.29, 0.717) is 25.5 Å². The lowest BCUT2D eigenvalue weighted by Gasteiger charge is -2.18. The van der Waals surface area contributed by atoms with Crippen molar-refractivity contribution in [1.29, 1.82) is 0 Å². The number of carbonyl (C=O) groups is 1. The van der Waals surface area contributed by atoms with Crippen LogP contribution in [-0.2, 0) is 11.3 Å². The number of hydrogen-bond donors (Lipinski definition) is 2. The molecule has 0 aliphatic carbocycles. The van der Waals surface area contributed by atoms with Crippen LogP contribution in [0.3, 0.4) is 0 Å². The number of nitrogens with zero attached hydrogens (tertiary/aromatic N) is 3. The molecule has 6 heteroatoms. The highest BCUT2D eigenvalue weighted by Crippen LogP contribution is 2.01. The number of amides is 1. The zero-order chi connectivity index (χ0) is 12.7. The van der Waals surface area contributed by atoms with E-state index in [1.807, 2.05) is 18.7 Å². The molecule has 17 heavy (non-hydrogen) atoms. The van der Waals surface area contributed by atoms with Crippen LogP contribution in [0.2, 0.25) is 0 Å². The fourth-order valence-corrected chi connectivity index (χ4v) is 1.41. The maximum Gasteiger partial charge on any atom is 0.234 e. The van der Waals surface area contributed by atoms with Crippen molar-refractivity contribution in [1.82, 2.24) is 20.2 Å². The maximum atomic E-state index is 11.4. The first kappa shape index (κ1) is 13.4. The molecule has 0 unspecified atom stereocenters. The number of hydrogen-bond acceptors (Lipinski definition) is 5. The van der Waals surface area contributed by atoms with Gasteiger partial charge in [0.15, 0.2) is 0 Å². The molecule has 0 saturated carbocycles. The zero-order valence-electron chi connectivity index (χ0n) is 10.3. The molecule has 1 heterocycles. The number of aromatic nitrogens is 2. The predicted octanol–water partition coefficient (Wildman–Crippen LogP) is 0.0168. The molecule has 3 N–H and O–H groups in total. The van der Waals surface area contributed by atoms with Crippen LogP contribution >= 0.6 is 0 Å². The third-order valence-electron chi connectivity index (χ3n) is 2.30. The minimum absolute atomic E-state index is 0.0257. The Bertz CT molecular complexity index is 351. The van der Waals surface area contributed by atoms with Gasteiger partial charge in [0.1, 0.15) is 5.82 Å². The average molecular weight is 237 g/mol. The van der Waals surface area contributed by atoms with Gasteiger partial charge in [-0.05, 0) is 13.5 Å². The molecule has 94 valence electrons. The second-order valence-electron chi connectivity index (χ2n) is 3.69. The monoisotopic (exact) mass is 237 g/mol. The summed E-state index contributed by atoms with van der Waals surface area (Å²) in [6.07, 6.45) is 3.16. The molecule has 0 aliphatic heterocycles. The molecule has 0 atom stereocenters. The van der Waals surface area contributed by atoms with Gasteiger partial charge in [0.25, 0.3) is 0 Å². The van der Waals surface area contributed by atoms with Crippen LogP contribution in [0, 0.1) is 0 Å². The molecule has 0 radical (unpaired) electrons. The van der Waals surface area contributed by atoms with E-state index in [4.69, 9.17) is 5.73 Å². The van der Waals surface area contributed by atoms with Gasteiger partial charge in [0, 0.05) is 13.1 Å². The van der Waals surface area contributed by atoms with Gasteiger partial charge >= 0.3 is 0 Å². The number of nitrogens with two attached hydrogens (primary N) is 1. The molecule has 1 aromatic rings. The Balaban J connectivity index is 2.51. The van der Waals surface area contributed by atoms with E-state index in [1.165, 1.54) is 6.20 Å². The average Bonchev–Trinajstić information content (AvgIpc) is 2.31. The van der Waals surface area contributed by atoms with Crippen LogP contribution < -0.4 is 11.1 Å². The molecule has 1 rings (SSSR count). The van der Waals surface area contributed by atoms with Crippen molar-refractivity contribution in [3.05, 3.63) is 18.1 Å². The van der Waals surface area contributed by atoms with Gasteiger partial charge in [0.05, 0.1) is 24.6 Å². The van der Waals surface area contributed by atoms with Crippen molar-refractivity contribution in [2.45, 2.75) is 20.4 Å². The lowest BCUT2D eigenvalue weighted by Crippen LogP contribution is -2.36. The molecule has 0 saturated heterocycles.